The highest BCUT2D eigenvalue weighted by Crippen LogP contribution is 2.24. The number of anilines is 1. The van der Waals surface area contributed by atoms with E-state index in [2.05, 4.69) is 6.07 Å². The molecule has 2 aromatic rings. The zero-order valence-electron chi connectivity index (χ0n) is 15.2. The van der Waals surface area contributed by atoms with Crippen molar-refractivity contribution in [1.29, 1.82) is 0 Å². The van der Waals surface area contributed by atoms with Gasteiger partial charge in [0.1, 0.15) is 0 Å². The number of amides is 1. The van der Waals surface area contributed by atoms with Crippen LogP contribution in [0.15, 0.2) is 48.5 Å². The predicted molar refractivity (Wildman–Crippen MR) is 104 cm³/mol. The number of carbonyl (C=O) groups is 1. The zero-order valence-corrected chi connectivity index (χ0v) is 16.0. The zero-order chi connectivity index (χ0) is 18.7. The van der Waals surface area contributed by atoms with Gasteiger partial charge >= 0.3 is 0 Å². The van der Waals surface area contributed by atoms with Gasteiger partial charge in [-0.25, -0.2) is 8.42 Å². The molecule has 0 saturated carbocycles. The van der Waals surface area contributed by atoms with Crippen molar-refractivity contribution >= 4 is 21.6 Å². The third-order valence-electron chi connectivity index (χ3n) is 4.60. The molecule has 1 aliphatic heterocycles. The quantitative estimate of drug-likeness (QED) is 0.828. The minimum Gasteiger partial charge on any atom is -0.337 e. The number of benzene rings is 2. The van der Waals surface area contributed by atoms with E-state index in [0.717, 1.165) is 17.5 Å². The Bertz CT molecular complexity index is 892. The fourth-order valence-electron chi connectivity index (χ4n) is 3.23. The molecule has 1 amide bonds. The average molecular weight is 372 g/mol. The first kappa shape index (κ1) is 18.5. The van der Waals surface area contributed by atoms with Crippen molar-refractivity contribution in [2.45, 2.75) is 26.3 Å². The molecule has 1 saturated heterocycles. The van der Waals surface area contributed by atoms with Crippen LogP contribution in [-0.2, 0) is 16.6 Å². The van der Waals surface area contributed by atoms with Gasteiger partial charge in [-0.2, -0.15) is 0 Å². The maximum absolute atomic E-state index is 12.6. The molecule has 0 atom stereocenters. The second-order valence-electron chi connectivity index (χ2n) is 6.79. The van der Waals surface area contributed by atoms with E-state index in [1.165, 1.54) is 4.31 Å². The third kappa shape index (κ3) is 4.07. The summed E-state index contributed by atoms with van der Waals surface area (Å²) in [5, 5.41) is 0. The van der Waals surface area contributed by atoms with Gasteiger partial charge in [0, 0.05) is 25.7 Å². The summed E-state index contributed by atoms with van der Waals surface area (Å²) in [6.07, 6.45) is 1.57. The van der Waals surface area contributed by atoms with Crippen molar-refractivity contribution in [2.24, 2.45) is 0 Å². The number of hydrogen-bond acceptors (Lipinski definition) is 3. The lowest BCUT2D eigenvalue weighted by Crippen LogP contribution is -2.37. The van der Waals surface area contributed by atoms with E-state index in [0.29, 0.717) is 30.8 Å². The molecule has 0 radical (unpaired) electrons. The molecule has 0 bridgehead atoms. The Morgan fingerprint density at radius 2 is 1.85 bits per heavy atom. The average Bonchev–Trinajstić information content (AvgIpc) is 2.61. The maximum Gasteiger partial charge on any atom is 0.253 e. The predicted octanol–water partition coefficient (Wildman–Crippen LogP) is 3.20. The fourth-order valence-corrected chi connectivity index (χ4v) is 4.87. The molecular weight excluding hydrogens is 348 g/mol. The minimum atomic E-state index is -3.23. The van der Waals surface area contributed by atoms with Crippen LogP contribution in [0.3, 0.4) is 0 Å². The van der Waals surface area contributed by atoms with Crippen LogP contribution in [0.2, 0.25) is 0 Å². The van der Waals surface area contributed by atoms with Crippen LogP contribution in [0, 0.1) is 6.92 Å². The summed E-state index contributed by atoms with van der Waals surface area (Å²) in [7, 11) is -1.46. The van der Waals surface area contributed by atoms with Crippen LogP contribution in [-0.4, -0.2) is 38.6 Å². The molecule has 3 rings (SSSR count). The van der Waals surface area contributed by atoms with Gasteiger partial charge in [-0.05, 0) is 49.6 Å². The van der Waals surface area contributed by atoms with Crippen molar-refractivity contribution in [1.82, 2.24) is 4.90 Å². The summed E-state index contributed by atoms with van der Waals surface area (Å²) in [5.74, 6) is 0.104. The summed E-state index contributed by atoms with van der Waals surface area (Å²) in [6.45, 7) is 3.06. The summed E-state index contributed by atoms with van der Waals surface area (Å²) in [5.41, 5.74) is 3.42. The molecule has 6 heteroatoms. The number of sulfonamides is 1. The van der Waals surface area contributed by atoms with Crippen LogP contribution in [0.4, 0.5) is 5.69 Å². The lowest BCUT2D eigenvalue weighted by molar-refractivity contribution is 0.0785. The van der Waals surface area contributed by atoms with Crippen molar-refractivity contribution in [3.8, 4) is 0 Å². The highest BCUT2D eigenvalue weighted by Gasteiger charge is 2.26. The van der Waals surface area contributed by atoms with Crippen LogP contribution < -0.4 is 4.31 Å². The molecule has 0 spiro atoms. The molecule has 138 valence electrons. The molecule has 0 unspecified atom stereocenters. The monoisotopic (exact) mass is 372 g/mol. The molecule has 1 heterocycles. The molecule has 0 N–H and O–H groups in total. The summed E-state index contributed by atoms with van der Waals surface area (Å²) >= 11 is 0. The topological polar surface area (TPSA) is 57.7 Å². The van der Waals surface area contributed by atoms with Gasteiger partial charge in [-0.1, -0.05) is 29.8 Å². The molecule has 1 fully saturated rings. The Labute approximate surface area is 155 Å². The number of hydrogen-bond donors (Lipinski definition) is 0. The Balaban J connectivity index is 1.72. The third-order valence-corrected chi connectivity index (χ3v) is 6.47. The SMILES string of the molecule is Cc1cccc(CN(C)C(=O)c2ccc(N3CCCCS3(=O)=O)cc2)c1. The van der Waals surface area contributed by atoms with Crippen molar-refractivity contribution < 1.29 is 13.2 Å². The van der Waals surface area contributed by atoms with E-state index in [-0.39, 0.29) is 11.7 Å². The highest BCUT2D eigenvalue weighted by atomic mass is 32.2. The maximum atomic E-state index is 12.6. The van der Waals surface area contributed by atoms with Crippen LogP contribution in [0.25, 0.3) is 0 Å². The van der Waals surface area contributed by atoms with E-state index < -0.39 is 10.0 Å². The Hall–Kier alpha value is -2.34. The summed E-state index contributed by atoms with van der Waals surface area (Å²) in [6, 6.07) is 14.9. The van der Waals surface area contributed by atoms with Gasteiger partial charge in [-0.15, -0.1) is 0 Å². The summed E-state index contributed by atoms with van der Waals surface area (Å²) in [4.78, 5) is 14.3. The fraction of sp³-hybridized carbons (Fsp3) is 0.350. The Kier molecular flexibility index (Phi) is 5.32. The molecule has 5 nitrogen and oxygen atoms in total. The second-order valence-corrected chi connectivity index (χ2v) is 8.81. The Morgan fingerprint density at radius 1 is 1.12 bits per heavy atom. The lowest BCUT2D eigenvalue weighted by atomic mass is 10.1. The normalized spacial score (nSPS) is 16.3. The van der Waals surface area contributed by atoms with Gasteiger partial charge in [-0.3, -0.25) is 9.10 Å². The number of aryl methyl sites for hydroxylation is 1. The van der Waals surface area contributed by atoms with Gasteiger partial charge in [0.15, 0.2) is 0 Å². The number of nitrogens with zero attached hydrogens (tertiary/aromatic N) is 2. The second kappa shape index (κ2) is 7.50. The van der Waals surface area contributed by atoms with E-state index in [1.54, 1.807) is 36.2 Å². The highest BCUT2D eigenvalue weighted by molar-refractivity contribution is 7.92. The van der Waals surface area contributed by atoms with Crippen LogP contribution in [0.5, 0.6) is 0 Å². The van der Waals surface area contributed by atoms with E-state index >= 15 is 0 Å². The van der Waals surface area contributed by atoms with E-state index in [4.69, 9.17) is 0 Å². The minimum absolute atomic E-state index is 0.0837. The van der Waals surface area contributed by atoms with E-state index in [9.17, 15) is 13.2 Å². The van der Waals surface area contributed by atoms with Crippen molar-refractivity contribution in [3.05, 3.63) is 65.2 Å². The summed E-state index contributed by atoms with van der Waals surface area (Å²) < 4.78 is 25.8. The smallest absolute Gasteiger partial charge is 0.253 e. The van der Waals surface area contributed by atoms with Crippen LogP contribution >= 0.6 is 0 Å². The number of carbonyl (C=O) groups excluding carboxylic acids is 1. The molecule has 0 aliphatic carbocycles. The number of rotatable bonds is 4. The first-order valence-electron chi connectivity index (χ1n) is 8.78. The molecule has 2 aromatic carbocycles. The lowest BCUT2D eigenvalue weighted by Gasteiger charge is -2.28. The Morgan fingerprint density at radius 3 is 2.50 bits per heavy atom. The molecule has 0 aromatic heterocycles. The van der Waals surface area contributed by atoms with Gasteiger partial charge in [0.2, 0.25) is 10.0 Å². The first-order chi connectivity index (χ1) is 12.4. The van der Waals surface area contributed by atoms with E-state index in [1.807, 2.05) is 25.1 Å². The van der Waals surface area contributed by atoms with Gasteiger partial charge in [0.25, 0.3) is 5.91 Å². The van der Waals surface area contributed by atoms with Gasteiger partial charge in [0.05, 0.1) is 11.4 Å². The van der Waals surface area contributed by atoms with Crippen molar-refractivity contribution in [3.63, 3.8) is 0 Å². The first-order valence-corrected chi connectivity index (χ1v) is 10.4. The van der Waals surface area contributed by atoms with Crippen molar-refractivity contribution in [2.75, 3.05) is 23.7 Å². The van der Waals surface area contributed by atoms with Gasteiger partial charge < -0.3 is 4.90 Å². The largest absolute Gasteiger partial charge is 0.337 e. The van der Waals surface area contributed by atoms with Crippen LogP contribution in [0.1, 0.15) is 34.3 Å². The molecule has 1 aliphatic rings. The standard InChI is InChI=1S/C20H24N2O3S/c1-16-6-5-7-17(14-16)15-21(2)20(23)18-8-10-19(11-9-18)22-12-3-4-13-26(22,24)25/h5-11,14H,3-4,12-13,15H2,1-2H3. The molecular formula is C20H24N2O3S. The molecule has 26 heavy (non-hydrogen) atoms.